The van der Waals surface area contributed by atoms with Gasteiger partial charge in [-0.15, -0.1) is 0 Å². The Morgan fingerprint density at radius 1 is 1.20 bits per heavy atom. The lowest BCUT2D eigenvalue weighted by Gasteiger charge is -2.11. The highest BCUT2D eigenvalue weighted by Gasteiger charge is 2.17. The van der Waals surface area contributed by atoms with Crippen LogP contribution in [-0.4, -0.2) is 19.1 Å². The van der Waals surface area contributed by atoms with E-state index in [0.29, 0.717) is 30.0 Å². The Kier molecular flexibility index (Phi) is 4.91. The number of nitrogens with zero attached hydrogens (tertiary/aromatic N) is 3. The molecule has 0 aliphatic heterocycles. The molecule has 3 aromatic rings. The van der Waals surface area contributed by atoms with Crippen LogP contribution in [-0.2, 0) is 19.6 Å². The van der Waals surface area contributed by atoms with E-state index in [-0.39, 0.29) is 12.6 Å². The molecule has 0 spiro atoms. The predicted molar refractivity (Wildman–Crippen MR) is 101 cm³/mol. The lowest BCUT2D eigenvalue weighted by molar-refractivity contribution is 0.489. The zero-order chi connectivity index (χ0) is 18.1. The van der Waals surface area contributed by atoms with Crippen molar-refractivity contribution in [1.29, 1.82) is 0 Å². The maximum atomic E-state index is 12.6. The third-order valence-electron chi connectivity index (χ3n) is 3.93. The van der Waals surface area contributed by atoms with Crippen LogP contribution in [0.1, 0.15) is 25.2 Å². The third kappa shape index (κ3) is 3.45. The van der Waals surface area contributed by atoms with Gasteiger partial charge in [0.15, 0.2) is 5.65 Å². The first-order valence-corrected chi connectivity index (χ1v) is 8.86. The summed E-state index contributed by atoms with van der Waals surface area (Å²) in [6.07, 6.45) is 0.542. The molecule has 132 valence electrons. The van der Waals surface area contributed by atoms with Crippen molar-refractivity contribution in [3.8, 4) is 0 Å². The number of halogens is 1. The smallest absolute Gasteiger partial charge is 0.333 e. The Morgan fingerprint density at radius 3 is 2.48 bits per heavy atom. The van der Waals surface area contributed by atoms with Crippen molar-refractivity contribution in [2.24, 2.45) is 11.7 Å². The maximum absolute atomic E-state index is 12.6. The van der Waals surface area contributed by atoms with Crippen molar-refractivity contribution in [1.82, 2.24) is 19.1 Å². The number of H-pyrrole nitrogens is 1. The molecule has 0 saturated carbocycles. The highest BCUT2D eigenvalue weighted by Crippen LogP contribution is 2.15. The van der Waals surface area contributed by atoms with Crippen molar-refractivity contribution < 1.29 is 0 Å². The van der Waals surface area contributed by atoms with Gasteiger partial charge in [0.2, 0.25) is 0 Å². The number of hydrogen-bond donors (Lipinski definition) is 2. The van der Waals surface area contributed by atoms with Gasteiger partial charge in [0.1, 0.15) is 11.3 Å². The zero-order valence-electron chi connectivity index (χ0n) is 14.1. The fourth-order valence-corrected chi connectivity index (χ4v) is 3.05. The minimum absolute atomic E-state index is 0.160. The van der Waals surface area contributed by atoms with Crippen molar-refractivity contribution in [2.75, 3.05) is 0 Å². The number of benzene rings is 1. The lowest BCUT2D eigenvalue weighted by Crippen LogP contribution is -2.42. The highest BCUT2D eigenvalue weighted by atomic mass is 79.9. The van der Waals surface area contributed by atoms with E-state index in [1.165, 1.54) is 4.57 Å². The number of fused-ring (bicyclic) bond motifs is 1. The first-order chi connectivity index (χ1) is 11.9. The molecule has 25 heavy (non-hydrogen) atoms. The number of imidazole rings is 1. The average Bonchev–Trinajstić information content (AvgIpc) is 2.98. The fraction of sp³-hybridized carbons (Fsp3) is 0.353. The summed E-state index contributed by atoms with van der Waals surface area (Å²) in [7, 11) is 0. The largest absolute Gasteiger partial charge is 0.336 e. The summed E-state index contributed by atoms with van der Waals surface area (Å²) in [6.45, 7) is 4.32. The second kappa shape index (κ2) is 6.97. The van der Waals surface area contributed by atoms with E-state index in [1.807, 2.05) is 38.1 Å². The molecule has 0 unspecified atom stereocenters. The van der Waals surface area contributed by atoms with E-state index >= 15 is 0 Å². The molecule has 2 aromatic heterocycles. The molecule has 8 heteroatoms. The highest BCUT2D eigenvalue weighted by molar-refractivity contribution is 9.10. The van der Waals surface area contributed by atoms with Gasteiger partial charge < -0.3 is 10.7 Å². The molecule has 3 rings (SSSR count). The van der Waals surface area contributed by atoms with Gasteiger partial charge in [-0.1, -0.05) is 41.9 Å². The van der Waals surface area contributed by atoms with E-state index in [4.69, 9.17) is 5.73 Å². The SMILES string of the molecule is CC(C)Cn1c(=O)n(CN)c(=O)c2[nH]c(Cc3ccc(Br)cc3)nc21. The summed E-state index contributed by atoms with van der Waals surface area (Å²) >= 11 is 3.41. The monoisotopic (exact) mass is 405 g/mol. The molecule has 0 aliphatic carbocycles. The number of nitrogens with one attached hydrogen (secondary N) is 1. The first-order valence-electron chi connectivity index (χ1n) is 8.07. The van der Waals surface area contributed by atoms with Crippen molar-refractivity contribution in [2.45, 2.75) is 33.5 Å². The van der Waals surface area contributed by atoms with Gasteiger partial charge in [-0.05, 0) is 23.6 Å². The van der Waals surface area contributed by atoms with E-state index in [2.05, 4.69) is 25.9 Å². The Labute approximate surface area is 152 Å². The second-order valence-corrected chi connectivity index (χ2v) is 7.30. The Morgan fingerprint density at radius 2 is 1.88 bits per heavy atom. The van der Waals surface area contributed by atoms with Gasteiger partial charge in [0.25, 0.3) is 5.56 Å². The predicted octanol–water partition coefficient (Wildman–Crippen LogP) is 1.81. The molecular formula is C17H20BrN5O2. The van der Waals surface area contributed by atoms with Crippen LogP contribution in [0.5, 0.6) is 0 Å². The van der Waals surface area contributed by atoms with Gasteiger partial charge in [0.05, 0.1) is 6.67 Å². The van der Waals surface area contributed by atoms with E-state index in [9.17, 15) is 9.59 Å². The van der Waals surface area contributed by atoms with Crippen molar-refractivity contribution >= 4 is 27.1 Å². The zero-order valence-corrected chi connectivity index (χ0v) is 15.7. The van der Waals surface area contributed by atoms with E-state index in [1.54, 1.807) is 0 Å². The molecule has 1 aromatic carbocycles. The van der Waals surface area contributed by atoms with Crippen LogP contribution in [0.4, 0.5) is 0 Å². The van der Waals surface area contributed by atoms with Crippen LogP contribution in [0.2, 0.25) is 0 Å². The molecule has 0 radical (unpaired) electrons. The van der Waals surface area contributed by atoms with E-state index in [0.717, 1.165) is 14.6 Å². The molecule has 0 amide bonds. The molecule has 3 N–H and O–H groups in total. The van der Waals surface area contributed by atoms with E-state index < -0.39 is 11.2 Å². The van der Waals surface area contributed by atoms with Crippen LogP contribution in [0.15, 0.2) is 38.3 Å². The quantitative estimate of drug-likeness (QED) is 0.675. The van der Waals surface area contributed by atoms with Gasteiger partial charge in [0, 0.05) is 17.4 Å². The van der Waals surface area contributed by atoms with Crippen LogP contribution >= 0.6 is 15.9 Å². The summed E-state index contributed by atoms with van der Waals surface area (Å²) in [5, 5.41) is 0. The normalized spacial score (nSPS) is 11.6. The molecule has 0 fully saturated rings. The molecule has 7 nitrogen and oxygen atoms in total. The minimum Gasteiger partial charge on any atom is -0.336 e. The summed E-state index contributed by atoms with van der Waals surface area (Å²) in [6, 6.07) is 7.87. The first kappa shape index (κ1) is 17.6. The number of hydrogen-bond acceptors (Lipinski definition) is 4. The Bertz CT molecular complexity index is 1010. The molecule has 0 saturated heterocycles. The van der Waals surface area contributed by atoms with Crippen molar-refractivity contribution in [3.05, 3.63) is 61.0 Å². The van der Waals surface area contributed by atoms with Crippen LogP contribution < -0.4 is 17.0 Å². The Balaban J connectivity index is 2.14. The maximum Gasteiger partial charge on any atom is 0.333 e. The van der Waals surface area contributed by atoms with Gasteiger partial charge in [-0.3, -0.25) is 9.36 Å². The lowest BCUT2D eigenvalue weighted by atomic mass is 10.1. The second-order valence-electron chi connectivity index (χ2n) is 6.39. The topological polar surface area (TPSA) is 98.7 Å². The molecule has 0 bridgehead atoms. The van der Waals surface area contributed by atoms with Crippen LogP contribution in [0, 0.1) is 5.92 Å². The average molecular weight is 406 g/mol. The molecule has 0 aliphatic rings. The number of rotatable bonds is 5. The summed E-state index contributed by atoms with van der Waals surface area (Å²) < 4.78 is 3.56. The van der Waals surface area contributed by atoms with Crippen LogP contribution in [0.25, 0.3) is 11.2 Å². The molecule has 0 atom stereocenters. The van der Waals surface area contributed by atoms with Gasteiger partial charge in [-0.2, -0.15) is 0 Å². The van der Waals surface area contributed by atoms with Gasteiger partial charge >= 0.3 is 5.69 Å². The summed E-state index contributed by atoms with van der Waals surface area (Å²) in [4.78, 5) is 32.7. The third-order valence-corrected chi connectivity index (χ3v) is 4.45. The minimum atomic E-state index is -0.433. The Hall–Kier alpha value is -2.19. The molecular weight excluding hydrogens is 386 g/mol. The molecule has 2 heterocycles. The van der Waals surface area contributed by atoms with Gasteiger partial charge in [-0.25, -0.2) is 14.3 Å². The fourth-order valence-electron chi connectivity index (χ4n) is 2.78. The van der Waals surface area contributed by atoms with Crippen molar-refractivity contribution in [3.63, 3.8) is 0 Å². The standard InChI is InChI=1S/C17H20BrN5O2/c1-10(2)8-22-15-14(16(24)23(9-19)17(22)25)20-13(21-15)7-11-3-5-12(18)6-4-11/h3-6,10H,7-9,19H2,1-2H3,(H,20,21). The number of aromatic nitrogens is 4. The number of nitrogens with two attached hydrogens (primary N) is 1. The van der Waals surface area contributed by atoms with Crippen LogP contribution in [0.3, 0.4) is 0 Å². The summed E-state index contributed by atoms with van der Waals surface area (Å²) in [5.41, 5.74) is 6.50. The summed E-state index contributed by atoms with van der Waals surface area (Å²) in [5.74, 6) is 0.873. The number of aromatic amines is 1.